The minimum Gasteiger partial charge on any atom is -0.313 e. The SMILES string of the molecule is CC(C)CC1CCCC(NCC2CSCCS2)C1. The lowest BCUT2D eigenvalue weighted by Gasteiger charge is -2.32. The minimum atomic E-state index is 0.815. The van der Waals surface area contributed by atoms with Crippen LogP contribution >= 0.6 is 23.5 Å². The minimum absolute atomic E-state index is 0.815. The molecule has 0 aromatic heterocycles. The molecule has 106 valence electrons. The van der Waals surface area contributed by atoms with E-state index in [1.165, 1.54) is 55.9 Å². The van der Waals surface area contributed by atoms with Crippen LogP contribution < -0.4 is 5.32 Å². The van der Waals surface area contributed by atoms with Crippen molar-refractivity contribution in [1.29, 1.82) is 0 Å². The van der Waals surface area contributed by atoms with Crippen LogP contribution in [0.4, 0.5) is 0 Å². The third kappa shape index (κ3) is 5.34. The summed E-state index contributed by atoms with van der Waals surface area (Å²) in [6, 6.07) is 0.815. The zero-order valence-electron chi connectivity index (χ0n) is 12.0. The van der Waals surface area contributed by atoms with Crippen LogP contribution in [0.15, 0.2) is 0 Å². The van der Waals surface area contributed by atoms with E-state index >= 15 is 0 Å². The average Bonchev–Trinajstić information content (AvgIpc) is 2.37. The van der Waals surface area contributed by atoms with Crippen molar-refractivity contribution in [2.45, 2.75) is 57.2 Å². The van der Waals surface area contributed by atoms with Gasteiger partial charge in [0.15, 0.2) is 0 Å². The van der Waals surface area contributed by atoms with Crippen LogP contribution in [0, 0.1) is 11.8 Å². The lowest BCUT2D eigenvalue weighted by molar-refractivity contribution is 0.254. The highest BCUT2D eigenvalue weighted by atomic mass is 32.2. The van der Waals surface area contributed by atoms with Crippen molar-refractivity contribution in [1.82, 2.24) is 5.32 Å². The van der Waals surface area contributed by atoms with Gasteiger partial charge in [-0.2, -0.15) is 23.5 Å². The van der Waals surface area contributed by atoms with E-state index in [-0.39, 0.29) is 0 Å². The van der Waals surface area contributed by atoms with E-state index in [2.05, 4.69) is 42.7 Å². The highest BCUT2D eigenvalue weighted by Gasteiger charge is 2.23. The fourth-order valence-electron chi connectivity index (χ4n) is 3.31. The van der Waals surface area contributed by atoms with Gasteiger partial charge in [-0.15, -0.1) is 0 Å². The summed E-state index contributed by atoms with van der Waals surface area (Å²) < 4.78 is 0. The Morgan fingerprint density at radius 1 is 1.22 bits per heavy atom. The van der Waals surface area contributed by atoms with Gasteiger partial charge in [0.1, 0.15) is 0 Å². The molecule has 1 aliphatic carbocycles. The molecule has 1 N–H and O–H groups in total. The second kappa shape index (κ2) is 8.06. The summed E-state index contributed by atoms with van der Waals surface area (Å²) in [6.45, 7) is 5.98. The average molecular weight is 288 g/mol. The first-order valence-electron chi connectivity index (χ1n) is 7.66. The summed E-state index contributed by atoms with van der Waals surface area (Å²) in [7, 11) is 0. The van der Waals surface area contributed by atoms with E-state index in [1.807, 2.05) is 0 Å². The van der Waals surface area contributed by atoms with Crippen LogP contribution in [-0.2, 0) is 0 Å². The predicted molar refractivity (Wildman–Crippen MR) is 86.8 cm³/mol. The summed E-state index contributed by atoms with van der Waals surface area (Å²) in [5.41, 5.74) is 0. The van der Waals surface area contributed by atoms with Crippen LogP contribution in [0.3, 0.4) is 0 Å². The predicted octanol–water partition coefficient (Wildman–Crippen LogP) is 4.03. The number of hydrogen-bond acceptors (Lipinski definition) is 3. The Kier molecular flexibility index (Phi) is 6.74. The molecule has 3 heteroatoms. The molecule has 1 nitrogen and oxygen atoms in total. The number of thioether (sulfide) groups is 2. The second-order valence-electron chi connectivity index (χ2n) is 6.34. The smallest absolute Gasteiger partial charge is 0.0263 e. The van der Waals surface area contributed by atoms with Gasteiger partial charge >= 0.3 is 0 Å². The molecule has 2 fully saturated rings. The molecule has 1 saturated heterocycles. The van der Waals surface area contributed by atoms with Crippen molar-refractivity contribution < 1.29 is 0 Å². The Labute approximate surface area is 122 Å². The number of nitrogens with one attached hydrogen (secondary N) is 1. The second-order valence-corrected chi connectivity index (χ2v) is 8.89. The maximum atomic E-state index is 3.86. The molecule has 0 aromatic carbocycles. The van der Waals surface area contributed by atoms with Crippen LogP contribution in [0.1, 0.15) is 46.0 Å². The first-order valence-corrected chi connectivity index (χ1v) is 9.87. The molecule has 1 aliphatic heterocycles. The largest absolute Gasteiger partial charge is 0.313 e. The van der Waals surface area contributed by atoms with E-state index in [1.54, 1.807) is 0 Å². The topological polar surface area (TPSA) is 12.0 Å². The Morgan fingerprint density at radius 3 is 2.83 bits per heavy atom. The molecule has 0 bridgehead atoms. The van der Waals surface area contributed by atoms with Crippen LogP contribution in [0.25, 0.3) is 0 Å². The van der Waals surface area contributed by atoms with E-state index in [9.17, 15) is 0 Å². The van der Waals surface area contributed by atoms with Gasteiger partial charge in [0.25, 0.3) is 0 Å². The molecule has 18 heavy (non-hydrogen) atoms. The summed E-state index contributed by atoms with van der Waals surface area (Å²) in [5, 5.41) is 4.73. The summed E-state index contributed by atoms with van der Waals surface area (Å²) >= 11 is 4.32. The van der Waals surface area contributed by atoms with Crippen molar-refractivity contribution in [2.24, 2.45) is 11.8 Å². The lowest BCUT2D eigenvalue weighted by Crippen LogP contribution is -2.39. The molecular formula is C15H29NS2. The Balaban J connectivity index is 1.65. The Morgan fingerprint density at radius 2 is 2.11 bits per heavy atom. The fourth-order valence-corrected chi connectivity index (χ4v) is 5.93. The van der Waals surface area contributed by atoms with Gasteiger partial charge in [0, 0.05) is 35.1 Å². The third-order valence-electron chi connectivity index (χ3n) is 4.11. The van der Waals surface area contributed by atoms with Gasteiger partial charge < -0.3 is 5.32 Å². The highest BCUT2D eigenvalue weighted by Crippen LogP contribution is 2.30. The molecule has 0 radical (unpaired) electrons. The normalized spacial score (nSPS) is 33.8. The van der Waals surface area contributed by atoms with E-state index in [0.29, 0.717) is 0 Å². The monoisotopic (exact) mass is 287 g/mol. The van der Waals surface area contributed by atoms with Crippen molar-refractivity contribution in [3.63, 3.8) is 0 Å². The van der Waals surface area contributed by atoms with E-state index < -0.39 is 0 Å². The van der Waals surface area contributed by atoms with Gasteiger partial charge in [-0.05, 0) is 31.1 Å². The molecule has 2 aliphatic rings. The lowest BCUT2D eigenvalue weighted by atomic mass is 9.81. The van der Waals surface area contributed by atoms with E-state index in [0.717, 1.165) is 23.1 Å². The van der Waals surface area contributed by atoms with Crippen molar-refractivity contribution in [2.75, 3.05) is 23.8 Å². The third-order valence-corrected chi connectivity index (χ3v) is 6.95. The maximum absolute atomic E-state index is 3.86. The van der Waals surface area contributed by atoms with Crippen molar-refractivity contribution in [3.05, 3.63) is 0 Å². The first kappa shape index (κ1) is 15.1. The van der Waals surface area contributed by atoms with Gasteiger partial charge in [0.2, 0.25) is 0 Å². The standard InChI is InChI=1S/C15H29NS2/c1-12(2)8-13-4-3-5-14(9-13)16-10-15-11-17-6-7-18-15/h12-16H,3-11H2,1-2H3. The molecule has 1 saturated carbocycles. The zero-order chi connectivity index (χ0) is 12.8. The summed E-state index contributed by atoms with van der Waals surface area (Å²) in [5.74, 6) is 5.95. The van der Waals surface area contributed by atoms with Gasteiger partial charge in [-0.3, -0.25) is 0 Å². The molecule has 0 aromatic rings. The fraction of sp³-hybridized carbons (Fsp3) is 1.00. The van der Waals surface area contributed by atoms with Gasteiger partial charge in [-0.1, -0.05) is 26.7 Å². The molecule has 3 atom stereocenters. The zero-order valence-corrected chi connectivity index (χ0v) is 13.6. The molecule has 3 unspecified atom stereocenters. The molecule has 0 spiro atoms. The van der Waals surface area contributed by atoms with Crippen LogP contribution in [0.5, 0.6) is 0 Å². The Bertz CT molecular complexity index is 227. The van der Waals surface area contributed by atoms with Crippen LogP contribution in [0.2, 0.25) is 0 Å². The van der Waals surface area contributed by atoms with Crippen LogP contribution in [-0.4, -0.2) is 35.1 Å². The highest BCUT2D eigenvalue weighted by molar-refractivity contribution is 8.06. The van der Waals surface area contributed by atoms with Crippen molar-refractivity contribution >= 4 is 23.5 Å². The first-order chi connectivity index (χ1) is 8.74. The van der Waals surface area contributed by atoms with Gasteiger partial charge in [-0.25, -0.2) is 0 Å². The van der Waals surface area contributed by atoms with E-state index in [4.69, 9.17) is 0 Å². The van der Waals surface area contributed by atoms with Gasteiger partial charge in [0.05, 0.1) is 0 Å². The number of hydrogen-bond donors (Lipinski definition) is 1. The molecular weight excluding hydrogens is 258 g/mol. The Hall–Kier alpha value is 0.660. The van der Waals surface area contributed by atoms with Crippen molar-refractivity contribution in [3.8, 4) is 0 Å². The molecule has 0 amide bonds. The summed E-state index contributed by atoms with van der Waals surface area (Å²) in [4.78, 5) is 0. The molecule has 1 heterocycles. The summed E-state index contributed by atoms with van der Waals surface area (Å²) in [6.07, 6.45) is 7.21. The molecule has 2 rings (SSSR count). The number of rotatable bonds is 5. The quantitative estimate of drug-likeness (QED) is 0.820. The maximum Gasteiger partial charge on any atom is 0.0263 e.